The predicted molar refractivity (Wildman–Crippen MR) is 108 cm³/mol. The first-order valence-corrected chi connectivity index (χ1v) is 9.57. The van der Waals surface area contributed by atoms with Gasteiger partial charge in [0.2, 0.25) is 0 Å². The van der Waals surface area contributed by atoms with E-state index in [2.05, 4.69) is 15.4 Å². The van der Waals surface area contributed by atoms with Crippen LogP contribution < -0.4 is 0 Å². The van der Waals surface area contributed by atoms with E-state index in [4.69, 9.17) is 0 Å². The third-order valence-corrected chi connectivity index (χ3v) is 5.48. The number of fused-ring (bicyclic) bond motifs is 2. The highest BCUT2D eigenvalue weighted by Crippen LogP contribution is 2.35. The van der Waals surface area contributed by atoms with Gasteiger partial charge >= 0.3 is 13.1 Å². The SMILES string of the molecule is CC(C(=NO)C(C)c1nn(C(F)F)c2ccccc12)c1nn(C(F)F)c2ccccc12. The van der Waals surface area contributed by atoms with Crippen molar-refractivity contribution < 1.29 is 22.8 Å². The van der Waals surface area contributed by atoms with Gasteiger partial charge in [-0.1, -0.05) is 55.4 Å². The molecule has 0 aliphatic rings. The minimum Gasteiger partial charge on any atom is -0.411 e. The quantitative estimate of drug-likeness (QED) is 0.178. The highest BCUT2D eigenvalue weighted by Gasteiger charge is 2.30. The molecule has 0 spiro atoms. The number of oxime groups is 1. The molecular weight excluding hydrogens is 414 g/mol. The van der Waals surface area contributed by atoms with Crippen LogP contribution in [0.15, 0.2) is 53.7 Å². The fourth-order valence-electron chi connectivity index (χ4n) is 3.99. The number of benzene rings is 2. The van der Waals surface area contributed by atoms with E-state index in [-0.39, 0.29) is 16.7 Å². The second-order valence-corrected chi connectivity index (χ2v) is 7.22. The number of aromatic nitrogens is 4. The summed E-state index contributed by atoms with van der Waals surface area (Å²) in [4.78, 5) is 0. The normalized spacial score (nSPS) is 13.9. The van der Waals surface area contributed by atoms with Crippen LogP contribution in [0.3, 0.4) is 0 Å². The van der Waals surface area contributed by atoms with Crippen molar-refractivity contribution in [3.8, 4) is 0 Å². The van der Waals surface area contributed by atoms with Gasteiger partial charge in [0.25, 0.3) is 0 Å². The molecule has 0 fully saturated rings. The van der Waals surface area contributed by atoms with Gasteiger partial charge in [-0.3, -0.25) is 0 Å². The Morgan fingerprint density at radius 3 is 1.52 bits per heavy atom. The topological polar surface area (TPSA) is 68.2 Å². The van der Waals surface area contributed by atoms with Crippen LogP contribution in [0.25, 0.3) is 21.8 Å². The van der Waals surface area contributed by atoms with Gasteiger partial charge in [-0.15, -0.1) is 0 Å². The number of halogens is 4. The summed E-state index contributed by atoms with van der Waals surface area (Å²) in [6.45, 7) is -2.35. The van der Waals surface area contributed by atoms with Crippen LogP contribution in [0, 0.1) is 0 Å². The largest absolute Gasteiger partial charge is 0.411 e. The second-order valence-electron chi connectivity index (χ2n) is 7.22. The summed E-state index contributed by atoms with van der Waals surface area (Å²) >= 11 is 0. The van der Waals surface area contributed by atoms with Crippen molar-refractivity contribution in [2.75, 3.05) is 0 Å². The molecule has 2 atom stereocenters. The molecule has 0 aliphatic heterocycles. The number of alkyl halides is 4. The van der Waals surface area contributed by atoms with Crippen molar-refractivity contribution in [2.24, 2.45) is 5.16 Å². The first kappa shape index (κ1) is 20.8. The van der Waals surface area contributed by atoms with Crippen LogP contribution in [-0.2, 0) is 0 Å². The summed E-state index contributed by atoms with van der Waals surface area (Å²) in [6, 6.07) is 13.0. The zero-order valence-electron chi connectivity index (χ0n) is 16.6. The molecule has 0 aliphatic carbocycles. The lowest BCUT2D eigenvalue weighted by Crippen LogP contribution is -2.19. The summed E-state index contributed by atoms with van der Waals surface area (Å²) < 4.78 is 55.1. The molecule has 4 aromatic rings. The van der Waals surface area contributed by atoms with E-state index in [1.807, 2.05) is 0 Å². The number of hydrogen-bond donors (Lipinski definition) is 1. The number of nitrogens with zero attached hydrogens (tertiary/aromatic N) is 5. The van der Waals surface area contributed by atoms with Crippen LogP contribution in [0.4, 0.5) is 17.6 Å². The molecule has 4 rings (SSSR count). The molecule has 0 bridgehead atoms. The van der Waals surface area contributed by atoms with E-state index in [0.717, 1.165) is 0 Å². The van der Waals surface area contributed by atoms with Crippen LogP contribution in [0.1, 0.15) is 50.2 Å². The molecule has 31 heavy (non-hydrogen) atoms. The minimum atomic E-state index is -2.84. The molecule has 2 aromatic carbocycles. The summed E-state index contributed by atoms with van der Waals surface area (Å²) in [5.41, 5.74) is 1.27. The first-order chi connectivity index (χ1) is 14.8. The Hall–Kier alpha value is -3.43. The van der Waals surface area contributed by atoms with Crippen molar-refractivity contribution in [2.45, 2.75) is 38.8 Å². The van der Waals surface area contributed by atoms with Crippen molar-refractivity contribution in [3.63, 3.8) is 0 Å². The molecule has 1 N–H and O–H groups in total. The highest BCUT2D eigenvalue weighted by molar-refractivity contribution is 6.00. The molecule has 10 heteroatoms. The maximum atomic E-state index is 13.5. The van der Waals surface area contributed by atoms with E-state index < -0.39 is 24.9 Å². The predicted octanol–water partition coefficient (Wildman–Crippen LogP) is 5.91. The number of hydrogen-bond acceptors (Lipinski definition) is 4. The molecule has 0 radical (unpaired) electrons. The fraction of sp³-hybridized carbons (Fsp3) is 0.286. The summed E-state index contributed by atoms with van der Waals surface area (Å²) in [5.74, 6) is -1.36. The zero-order chi connectivity index (χ0) is 22.3. The second kappa shape index (κ2) is 8.01. The van der Waals surface area contributed by atoms with Crippen molar-refractivity contribution in [3.05, 3.63) is 59.9 Å². The van der Waals surface area contributed by atoms with Gasteiger partial charge in [0.1, 0.15) is 0 Å². The summed E-state index contributed by atoms with van der Waals surface area (Å²) in [6.07, 6.45) is 0. The molecular formula is C21H19F4N5O. The minimum absolute atomic E-state index is 0.175. The van der Waals surface area contributed by atoms with Gasteiger partial charge in [0.15, 0.2) is 0 Å². The number of para-hydroxylation sites is 2. The van der Waals surface area contributed by atoms with E-state index in [0.29, 0.717) is 31.5 Å². The molecule has 6 nitrogen and oxygen atoms in total. The Kier molecular flexibility index (Phi) is 5.38. The third kappa shape index (κ3) is 3.41. The summed E-state index contributed by atoms with van der Waals surface area (Å²) in [7, 11) is 0. The average molecular weight is 433 g/mol. The third-order valence-electron chi connectivity index (χ3n) is 5.48. The van der Waals surface area contributed by atoms with Crippen molar-refractivity contribution in [1.82, 2.24) is 19.6 Å². The van der Waals surface area contributed by atoms with E-state index in [9.17, 15) is 22.8 Å². The first-order valence-electron chi connectivity index (χ1n) is 9.57. The van der Waals surface area contributed by atoms with E-state index >= 15 is 0 Å². The van der Waals surface area contributed by atoms with Crippen molar-refractivity contribution >= 4 is 27.5 Å². The Bertz CT molecular complexity index is 1170. The molecule has 162 valence electrons. The molecule has 2 aromatic heterocycles. The summed E-state index contributed by atoms with van der Waals surface area (Å²) in [5, 5.41) is 22.3. The standard InChI is InChI=1S/C21H19F4N5O/c1-11(18-13-7-3-5-9-15(13)29(26-18)20(22)23)17(28-31)12(2)19-14-8-4-6-10-16(14)30(27-19)21(24)25/h3-12,20-21,31H,1-2H3. The van der Waals surface area contributed by atoms with Crippen molar-refractivity contribution in [1.29, 1.82) is 0 Å². The smallest absolute Gasteiger partial charge is 0.333 e. The molecule has 2 heterocycles. The lowest BCUT2D eigenvalue weighted by Gasteiger charge is -2.17. The van der Waals surface area contributed by atoms with Crippen LogP contribution in [0.5, 0.6) is 0 Å². The Morgan fingerprint density at radius 2 is 1.16 bits per heavy atom. The average Bonchev–Trinajstić information content (AvgIpc) is 3.33. The van der Waals surface area contributed by atoms with Gasteiger partial charge in [0, 0.05) is 22.6 Å². The maximum absolute atomic E-state index is 13.5. The van der Waals surface area contributed by atoms with Crippen LogP contribution >= 0.6 is 0 Å². The maximum Gasteiger partial charge on any atom is 0.333 e. The fourth-order valence-corrected chi connectivity index (χ4v) is 3.99. The van der Waals surface area contributed by atoms with Gasteiger partial charge in [-0.25, -0.2) is 9.36 Å². The molecule has 0 saturated carbocycles. The van der Waals surface area contributed by atoms with E-state index in [1.54, 1.807) is 50.2 Å². The number of rotatable bonds is 6. The van der Waals surface area contributed by atoms with E-state index in [1.165, 1.54) is 12.1 Å². The monoisotopic (exact) mass is 433 g/mol. The lowest BCUT2D eigenvalue weighted by molar-refractivity contribution is 0.0606. The molecule has 0 amide bonds. The van der Waals surface area contributed by atoms with Crippen LogP contribution in [0.2, 0.25) is 0 Å². The molecule has 0 saturated heterocycles. The van der Waals surface area contributed by atoms with Gasteiger partial charge in [-0.05, 0) is 12.1 Å². The Morgan fingerprint density at radius 1 is 0.774 bits per heavy atom. The lowest BCUT2D eigenvalue weighted by atomic mass is 9.87. The Balaban J connectivity index is 1.81. The zero-order valence-corrected chi connectivity index (χ0v) is 16.6. The Labute approximate surface area is 174 Å². The van der Waals surface area contributed by atoms with Gasteiger partial charge < -0.3 is 5.21 Å². The van der Waals surface area contributed by atoms with Crippen LogP contribution in [-0.4, -0.2) is 30.5 Å². The van der Waals surface area contributed by atoms with Gasteiger partial charge in [-0.2, -0.15) is 27.8 Å². The van der Waals surface area contributed by atoms with Gasteiger partial charge in [0.05, 0.1) is 28.1 Å². The molecule has 2 unspecified atom stereocenters. The highest BCUT2D eigenvalue weighted by atomic mass is 19.3.